The number of rotatable bonds is 5. The fourth-order valence-corrected chi connectivity index (χ4v) is 4.43. The Morgan fingerprint density at radius 2 is 1.92 bits per heavy atom. The van der Waals surface area contributed by atoms with E-state index in [1.54, 1.807) is 24.4 Å². The van der Waals surface area contributed by atoms with Crippen LogP contribution >= 0.6 is 0 Å². The minimum Gasteiger partial charge on any atom is -0.497 e. The number of morpholine rings is 1. The van der Waals surface area contributed by atoms with Gasteiger partial charge in [-0.2, -0.15) is 13.2 Å². The Morgan fingerprint density at radius 1 is 1.24 bits per heavy atom. The molecule has 2 fully saturated rings. The molecule has 4 rings (SSSR count). The average molecular weight is 524 g/mol. The monoisotopic (exact) mass is 523 g/mol. The van der Waals surface area contributed by atoms with Gasteiger partial charge < -0.3 is 24.4 Å². The summed E-state index contributed by atoms with van der Waals surface area (Å²) in [6.07, 6.45) is -1.20. The van der Waals surface area contributed by atoms with Crippen LogP contribution in [0.4, 0.5) is 13.2 Å². The van der Waals surface area contributed by atoms with Gasteiger partial charge in [0.05, 0.1) is 20.3 Å². The van der Waals surface area contributed by atoms with E-state index in [0.717, 1.165) is 16.9 Å². The summed E-state index contributed by atoms with van der Waals surface area (Å²) in [6, 6.07) is 11.5. The van der Waals surface area contributed by atoms with Gasteiger partial charge in [0.25, 0.3) is 5.91 Å². The van der Waals surface area contributed by atoms with Crippen LogP contribution in [0.3, 0.4) is 0 Å². The van der Waals surface area contributed by atoms with Crippen molar-refractivity contribution in [2.45, 2.75) is 37.6 Å². The number of ether oxygens (including phenoxy) is 2. The van der Waals surface area contributed by atoms with Crippen molar-refractivity contribution in [2.24, 2.45) is 0 Å². The molecule has 1 spiro atoms. The predicted molar refractivity (Wildman–Crippen MR) is 125 cm³/mol. The lowest BCUT2D eigenvalue weighted by atomic mass is 9.83. The summed E-state index contributed by atoms with van der Waals surface area (Å²) in [5, 5.41) is 7.12. The molecule has 200 valence electrons. The van der Waals surface area contributed by atoms with Gasteiger partial charge in [-0.15, -0.1) is 0 Å². The summed E-state index contributed by atoms with van der Waals surface area (Å²) in [5.74, 6) is -2.25. The van der Waals surface area contributed by atoms with E-state index in [1.165, 1.54) is 0 Å². The van der Waals surface area contributed by atoms with Crippen LogP contribution in [-0.4, -0.2) is 82.8 Å². The number of carbonyl (C=O) groups excluding carboxylic acids is 2. The van der Waals surface area contributed by atoms with Crippen molar-refractivity contribution in [3.8, 4) is 5.75 Å². The zero-order valence-electron chi connectivity index (χ0n) is 20.4. The van der Waals surface area contributed by atoms with E-state index in [9.17, 15) is 22.8 Å². The largest absolute Gasteiger partial charge is 0.497 e. The Kier molecular flexibility index (Phi) is 8.74. The number of halogens is 3. The Morgan fingerprint density at radius 3 is 2.46 bits per heavy atom. The van der Waals surface area contributed by atoms with Crippen molar-refractivity contribution in [2.75, 3.05) is 33.4 Å². The number of nitrogens with zero attached hydrogens (tertiary/aromatic N) is 3. The molecule has 2 unspecified atom stereocenters. The molecule has 0 bridgehead atoms. The van der Waals surface area contributed by atoms with Crippen molar-refractivity contribution < 1.29 is 42.1 Å². The summed E-state index contributed by atoms with van der Waals surface area (Å²) in [5.41, 5.74) is 0.876. The lowest BCUT2D eigenvalue weighted by Crippen LogP contribution is -2.60. The normalized spacial score (nSPS) is 21.4. The van der Waals surface area contributed by atoms with Crippen molar-refractivity contribution in [1.82, 2.24) is 14.8 Å². The van der Waals surface area contributed by atoms with E-state index in [2.05, 4.69) is 4.98 Å². The SMILES string of the molecule is CCC(=O)N1CC(c2cccnc2)C2(C1)OCCN(Cc1ccc(OC)cc1)C2=O.O=C(O)C(F)(F)F. The van der Waals surface area contributed by atoms with Gasteiger partial charge in [0, 0.05) is 44.4 Å². The maximum absolute atomic E-state index is 13.7. The lowest BCUT2D eigenvalue weighted by Gasteiger charge is -2.42. The lowest BCUT2D eigenvalue weighted by molar-refractivity contribution is -0.192. The summed E-state index contributed by atoms with van der Waals surface area (Å²) in [6.45, 7) is 4.03. The maximum atomic E-state index is 13.7. The predicted octanol–water partition coefficient (Wildman–Crippen LogP) is 2.86. The number of carboxylic acid groups (broad SMARTS) is 1. The molecule has 1 aromatic carbocycles. The molecular weight excluding hydrogens is 495 g/mol. The van der Waals surface area contributed by atoms with E-state index in [1.807, 2.05) is 48.2 Å². The van der Waals surface area contributed by atoms with Crippen LogP contribution in [0.1, 0.15) is 30.4 Å². The summed E-state index contributed by atoms with van der Waals surface area (Å²) >= 11 is 0. The Bertz CT molecular complexity index is 1100. The number of aliphatic carboxylic acids is 1. The fourth-order valence-electron chi connectivity index (χ4n) is 4.43. The molecule has 0 saturated carbocycles. The third kappa shape index (κ3) is 6.37. The van der Waals surface area contributed by atoms with Crippen molar-refractivity contribution in [1.29, 1.82) is 0 Å². The van der Waals surface area contributed by atoms with Gasteiger partial charge in [0.2, 0.25) is 5.91 Å². The van der Waals surface area contributed by atoms with Crippen molar-refractivity contribution in [3.05, 3.63) is 59.9 Å². The number of hydrogen-bond donors (Lipinski definition) is 1. The van der Waals surface area contributed by atoms with Gasteiger partial charge in [-0.25, -0.2) is 4.79 Å². The second-order valence-electron chi connectivity index (χ2n) is 8.58. The maximum Gasteiger partial charge on any atom is 0.490 e. The highest BCUT2D eigenvalue weighted by molar-refractivity contribution is 5.90. The molecule has 2 aliphatic heterocycles. The number of carbonyl (C=O) groups is 3. The standard InChI is InChI=1S/C23H27N3O4.C2HF3O2/c1-3-21(27)26-15-20(18-5-4-10-24-13-18)23(16-26)22(28)25(11-12-30-23)14-17-6-8-19(29-2)9-7-17;3-2(4,5)1(6)7/h4-10,13,20H,3,11-12,14-16H2,1-2H3;(H,6,7). The minimum atomic E-state index is -5.08. The Balaban J connectivity index is 0.000000479. The number of methoxy groups -OCH3 is 1. The van der Waals surface area contributed by atoms with E-state index in [0.29, 0.717) is 32.7 Å². The second kappa shape index (κ2) is 11.6. The summed E-state index contributed by atoms with van der Waals surface area (Å²) in [7, 11) is 1.63. The number of benzene rings is 1. The van der Waals surface area contributed by atoms with Gasteiger partial charge in [-0.3, -0.25) is 14.6 Å². The molecule has 1 N–H and O–H groups in total. The van der Waals surface area contributed by atoms with Gasteiger partial charge >= 0.3 is 12.1 Å². The zero-order valence-corrected chi connectivity index (χ0v) is 20.4. The highest BCUT2D eigenvalue weighted by atomic mass is 19.4. The topological polar surface area (TPSA) is 109 Å². The number of hydrogen-bond acceptors (Lipinski definition) is 6. The van der Waals surface area contributed by atoms with E-state index < -0.39 is 17.7 Å². The minimum absolute atomic E-state index is 0.0319. The molecule has 2 amide bonds. The van der Waals surface area contributed by atoms with Gasteiger partial charge in [0.1, 0.15) is 5.75 Å². The number of likely N-dealkylation sites (tertiary alicyclic amines) is 1. The number of aromatic nitrogens is 1. The molecule has 2 atom stereocenters. The molecule has 0 aliphatic carbocycles. The Labute approximate surface area is 211 Å². The molecule has 3 heterocycles. The first-order valence-electron chi connectivity index (χ1n) is 11.6. The van der Waals surface area contributed by atoms with Gasteiger partial charge in [-0.05, 0) is 29.3 Å². The number of amides is 2. The quantitative estimate of drug-likeness (QED) is 0.642. The number of alkyl halides is 3. The first kappa shape index (κ1) is 27.9. The first-order chi connectivity index (χ1) is 17.5. The highest BCUT2D eigenvalue weighted by Crippen LogP contribution is 2.42. The van der Waals surface area contributed by atoms with Crippen LogP contribution in [0.5, 0.6) is 5.75 Å². The summed E-state index contributed by atoms with van der Waals surface area (Å²) in [4.78, 5) is 42.9. The van der Waals surface area contributed by atoms with Crippen LogP contribution in [0.15, 0.2) is 48.8 Å². The van der Waals surface area contributed by atoms with Crippen molar-refractivity contribution in [3.63, 3.8) is 0 Å². The van der Waals surface area contributed by atoms with Crippen molar-refractivity contribution >= 4 is 17.8 Å². The summed E-state index contributed by atoms with van der Waals surface area (Å²) < 4.78 is 43.2. The van der Waals surface area contributed by atoms with Crippen LogP contribution < -0.4 is 4.74 Å². The fraction of sp³-hybridized carbons (Fsp3) is 0.440. The Hall–Kier alpha value is -3.67. The molecule has 1 aromatic heterocycles. The first-order valence-corrected chi connectivity index (χ1v) is 11.6. The average Bonchev–Trinajstić information content (AvgIpc) is 3.27. The van der Waals surface area contributed by atoms with Gasteiger partial charge in [0.15, 0.2) is 5.60 Å². The van der Waals surface area contributed by atoms with Gasteiger partial charge in [-0.1, -0.05) is 25.1 Å². The van der Waals surface area contributed by atoms with E-state index >= 15 is 0 Å². The molecule has 2 aliphatic rings. The third-order valence-electron chi connectivity index (χ3n) is 6.28. The molecular formula is C25H28F3N3O6. The molecule has 2 saturated heterocycles. The smallest absolute Gasteiger partial charge is 0.490 e. The van der Waals surface area contributed by atoms with E-state index in [4.69, 9.17) is 19.4 Å². The molecule has 12 heteroatoms. The molecule has 9 nitrogen and oxygen atoms in total. The zero-order chi connectivity index (χ0) is 27.2. The number of carboxylic acids is 1. The van der Waals surface area contributed by atoms with Crippen LogP contribution in [0.2, 0.25) is 0 Å². The molecule has 2 aromatic rings. The third-order valence-corrected chi connectivity index (χ3v) is 6.28. The highest BCUT2D eigenvalue weighted by Gasteiger charge is 2.57. The van der Waals surface area contributed by atoms with Crippen LogP contribution in [-0.2, 0) is 25.7 Å². The second-order valence-corrected chi connectivity index (χ2v) is 8.58. The molecule has 0 radical (unpaired) electrons. The molecule has 37 heavy (non-hydrogen) atoms. The van der Waals surface area contributed by atoms with E-state index in [-0.39, 0.29) is 24.3 Å². The number of pyridine rings is 1. The van der Waals surface area contributed by atoms with Crippen LogP contribution in [0, 0.1) is 0 Å². The van der Waals surface area contributed by atoms with Crippen LogP contribution in [0.25, 0.3) is 0 Å².